The van der Waals surface area contributed by atoms with Crippen molar-refractivity contribution in [2.45, 2.75) is 64.9 Å². The molecule has 0 aliphatic heterocycles. The quantitative estimate of drug-likeness (QED) is 0.657. The van der Waals surface area contributed by atoms with Crippen LogP contribution in [0.4, 0.5) is 9.59 Å². The lowest BCUT2D eigenvalue weighted by Crippen LogP contribution is -2.49. The monoisotopic (exact) mass is 366 g/mol. The third kappa shape index (κ3) is 9.27. The SMILES string of the molecule is CCC[C@@H](NC(=O)OC(C)(C)C)[C@H](O)CNC(=O)OCc1ccccc1. The van der Waals surface area contributed by atoms with E-state index in [0.29, 0.717) is 6.42 Å². The lowest BCUT2D eigenvalue weighted by molar-refractivity contribution is 0.0413. The molecule has 146 valence electrons. The molecule has 3 N–H and O–H groups in total. The second-order valence-electron chi connectivity index (χ2n) is 7.05. The molecule has 2 amide bonds. The fourth-order valence-electron chi connectivity index (χ4n) is 2.23. The topological polar surface area (TPSA) is 96.9 Å². The maximum atomic E-state index is 11.9. The Hall–Kier alpha value is -2.28. The minimum absolute atomic E-state index is 0.0336. The van der Waals surface area contributed by atoms with E-state index in [1.165, 1.54) is 0 Å². The molecule has 0 fully saturated rings. The van der Waals surface area contributed by atoms with Gasteiger partial charge in [-0.25, -0.2) is 9.59 Å². The van der Waals surface area contributed by atoms with Crippen LogP contribution < -0.4 is 10.6 Å². The summed E-state index contributed by atoms with van der Waals surface area (Å²) in [6, 6.07) is 8.78. The molecule has 0 radical (unpaired) electrons. The van der Waals surface area contributed by atoms with Gasteiger partial charge in [0.05, 0.1) is 12.1 Å². The molecular weight excluding hydrogens is 336 g/mol. The second kappa shape index (κ2) is 10.7. The Morgan fingerprint density at radius 2 is 1.81 bits per heavy atom. The van der Waals surface area contributed by atoms with E-state index in [1.54, 1.807) is 20.8 Å². The van der Waals surface area contributed by atoms with Crippen LogP contribution in [-0.2, 0) is 16.1 Å². The molecule has 7 heteroatoms. The molecule has 1 rings (SSSR count). The summed E-state index contributed by atoms with van der Waals surface area (Å²) in [6.45, 7) is 7.36. The number of hydrogen-bond donors (Lipinski definition) is 3. The third-order valence-corrected chi connectivity index (χ3v) is 3.43. The fourth-order valence-corrected chi connectivity index (χ4v) is 2.23. The Bertz CT molecular complexity index is 557. The van der Waals surface area contributed by atoms with Crippen LogP contribution in [0.25, 0.3) is 0 Å². The summed E-state index contributed by atoms with van der Waals surface area (Å²) in [6.07, 6.45) is -0.856. The van der Waals surface area contributed by atoms with Crippen molar-refractivity contribution in [3.63, 3.8) is 0 Å². The smallest absolute Gasteiger partial charge is 0.407 e. The summed E-state index contributed by atoms with van der Waals surface area (Å²) in [7, 11) is 0. The molecule has 7 nitrogen and oxygen atoms in total. The highest BCUT2D eigenvalue weighted by Gasteiger charge is 2.24. The maximum absolute atomic E-state index is 11.9. The average molecular weight is 366 g/mol. The number of hydrogen-bond acceptors (Lipinski definition) is 5. The van der Waals surface area contributed by atoms with Gasteiger partial charge in [-0.3, -0.25) is 0 Å². The van der Waals surface area contributed by atoms with Crippen LogP contribution in [0.5, 0.6) is 0 Å². The third-order valence-electron chi connectivity index (χ3n) is 3.43. The fraction of sp³-hybridized carbons (Fsp3) is 0.579. The Kier molecular flexibility index (Phi) is 8.92. The Morgan fingerprint density at radius 3 is 2.38 bits per heavy atom. The number of aliphatic hydroxyl groups is 1. The predicted octanol–water partition coefficient (Wildman–Crippen LogP) is 2.97. The van der Waals surface area contributed by atoms with Crippen molar-refractivity contribution < 1.29 is 24.2 Å². The summed E-state index contributed by atoms with van der Waals surface area (Å²) >= 11 is 0. The Morgan fingerprint density at radius 1 is 1.15 bits per heavy atom. The van der Waals surface area contributed by atoms with Gasteiger partial charge in [0, 0.05) is 6.54 Å². The van der Waals surface area contributed by atoms with E-state index < -0.39 is 29.9 Å². The standard InChI is InChI=1S/C19H30N2O5/c1-5-9-15(21-18(24)26-19(2,3)4)16(22)12-20-17(23)25-13-14-10-7-6-8-11-14/h6-8,10-11,15-16,22H,5,9,12-13H2,1-4H3,(H,20,23)(H,21,24)/t15-,16-/m1/s1. The van der Waals surface area contributed by atoms with Gasteiger partial charge in [0.1, 0.15) is 12.2 Å². The van der Waals surface area contributed by atoms with Gasteiger partial charge in [-0.2, -0.15) is 0 Å². The zero-order valence-electron chi connectivity index (χ0n) is 16.0. The largest absolute Gasteiger partial charge is 0.445 e. The van der Waals surface area contributed by atoms with Crippen molar-refractivity contribution in [3.05, 3.63) is 35.9 Å². The van der Waals surface area contributed by atoms with Gasteiger partial charge in [0.15, 0.2) is 0 Å². The van der Waals surface area contributed by atoms with Gasteiger partial charge in [-0.05, 0) is 32.8 Å². The van der Waals surface area contributed by atoms with Crippen molar-refractivity contribution in [1.29, 1.82) is 0 Å². The highest BCUT2D eigenvalue weighted by atomic mass is 16.6. The normalized spacial score (nSPS) is 13.4. The molecule has 0 aliphatic rings. The van der Waals surface area contributed by atoms with Crippen LogP contribution in [0.3, 0.4) is 0 Å². The van der Waals surface area contributed by atoms with Crippen LogP contribution >= 0.6 is 0 Å². The van der Waals surface area contributed by atoms with Crippen molar-refractivity contribution >= 4 is 12.2 Å². The number of aliphatic hydroxyl groups excluding tert-OH is 1. The lowest BCUT2D eigenvalue weighted by Gasteiger charge is -2.26. The van der Waals surface area contributed by atoms with E-state index in [1.807, 2.05) is 37.3 Å². The van der Waals surface area contributed by atoms with E-state index >= 15 is 0 Å². The number of ether oxygens (including phenoxy) is 2. The number of carbonyl (C=O) groups is 2. The maximum Gasteiger partial charge on any atom is 0.407 e. The molecular formula is C19H30N2O5. The molecule has 0 unspecified atom stereocenters. The number of rotatable bonds is 8. The van der Waals surface area contributed by atoms with E-state index in [4.69, 9.17) is 9.47 Å². The summed E-state index contributed by atoms with van der Waals surface area (Å²) in [5.74, 6) is 0. The summed E-state index contributed by atoms with van der Waals surface area (Å²) in [5, 5.41) is 15.4. The number of alkyl carbamates (subject to hydrolysis) is 2. The Balaban J connectivity index is 2.41. The van der Waals surface area contributed by atoms with Gasteiger partial charge < -0.3 is 25.2 Å². The minimum atomic E-state index is -0.952. The number of benzene rings is 1. The first-order valence-corrected chi connectivity index (χ1v) is 8.83. The van der Waals surface area contributed by atoms with E-state index in [9.17, 15) is 14.7 Å². The summed E-state index contributed by atoms with van der Waals surface area (Å²) in [5.41, 5.74) is 0.254. The van der Waals surface area contributed by atoms with Gasteiger partial charge in [0.2, 0.25) is 0 Å². The van der Waals surface area contributed by atoms with E-state index in [0.717, 1.165) is 12.0 Å². The van der Waals surface area contributed by atoms with Gasteiger partial charge >= 0.3 is 12.2 Å². The van der Waals surface area contributed by atoms with Gasteiger partial charge in [0.25, 0.3) is 0 Å². The molecule has 0 spiro atoms. The molecule has 0 aliphatic carbocycles. The van der Waals surface area contributed by atoms with Crippen molar-refractivity contribution in [2.75, 3.05) is 6.54 Å². The molecule has 1 aromatic rings. The molecule has 0 aromatic heterocycles. The first-order chi connectivity index (χ1) is 12.2. The van der Waals surface area contributed by atoms with E-state index in [2.05, 4.69) is 10.6 Å². The summed E-state index contributed by atoms with van der Waals surface area (Å²) in [4.78, 5) is 23.6. The molecule has 0 saturated carbocycles. The van der Waals surface area contributed by atoms with E-state index in [-0.39, 0.29) is 13.2 Å². The molecule has 26 heavy (non-hydrogen) atoms. The van der Waals surface area contributed by atoms with Crippen molar-refractivity contribution in [3.8, 4) is 0 Å². The van der Waals surface area contributed by atoms with Crippen LogP contribution in [0, 0.1) is 0 Å². The van der Waals surface area contributed by atoms with Crippen LogP contribution in [0.2, 0.25) is 0 Å². The zero-order chi connectivity index (χ0) is 19.6. The second-order valence-corrected chi connectivity index (χ2v) is 7.05. The molecule has 0 bridgehead atoms. The van der Waals surface area contributed by atoms with Crippen molar-refractivity contribution in [2.24, 2.45) is 0 Å². The zero-order valence-corrected chi connectivity index (χ0v) is 16.0. The minimum Gasteiger partial charge on any atom is -0.445 e. The predicted molar refractivity (Wildman–Crippen MR) is 98.7 cm³/mol. The van der Waals surface area contributed by atoms with Gasteiger partial charge in [-0.1, -0.05) is 43.7 Å². The number of nitrogens with one attached hydrogen (secondary N) is 2. The lowest BCUT2D eigenvalue weighted by atomic mass is 10.1. The number of amides is 2. The molecule has 2 atom stereocenters. The number of carbonyl (C=O) groups excluding carboxylic acids is 2. The average Bonchev–Trinajstić information content (AvgIpc) is 2.56. The molecule has 0 heterocycles. The first-order valence-electron chi connectivity index (χ1n) is 8.83. The van der Waals surface area contributed by atoms with Gasteiger partial charge in [-0.15, -0.1) is 0 Å². The van der Waals surface area contributed by atoms with Crippen molar-refractivity contribution in [1.82, 2.24) is 10.6 Å². The van der Waals surface area contributed by atoms with Crippen LogP contribution in [0.1, 0.15) is 46.1 Å². The van der Waals surface area contributed by atoms with Crippen LogP contribution in [-0.4, -0.2) is 41.6 Å². The summed E-state index contributed by atoms with van der Waals surface area (Å²) < 4.78 is 10.3. The highest BCUT2D eigenvalue weighted by Crippen LogP contribution is 2.09. The highest BCUT2D eigenvalue weighted by molar-refractivity contribution is 5.68. The molecule has 0 saturated heterocycles. The van der Waals surface area contributed by atoms with Crippen LogP contribution in [0.15, 0.2) is 30.3 Å². The Labute approximate surface area is 155 Å². The molecule has 1 aromatic carbocycles. The first kappa shape index (κ1) is 21.8.